The minimum atomic E-state index is -0.456. The van der Waals surface area contributed by atoms with Crippen molar-refractivity contribution in [1.82, 2.24) is 4.90 Å². The van der Waals surface area contributed by atoms with Gasteiger partial charge in [0.1, 0.15) is 6.04 Å². The summed E-state index contributed by atoms with van der Waals surface area (Å²) in [6, 6.07) is -0.456. The summed E-state index contributed by atoms with van der Waals surface area (Å²) in [5, 5.41) is 0. The molecule has 2 unspecified atom stereocenters. The second-order valence-electron chi connectivity index (χ2n) is 5.44. The number of hydrogen-bond donors (Lipinski definition) is 1. The van der Waals surface area contributed by atoms with Gasteiger partial charge in [-0.15, -0.1) is 0 Å². The number of ether oxygens (including phenoxy) is 1. The molecule has 1 fully saturated rings. The highest BCUT2D eigenvalue weighted by Gasteiger charge is 2.36. The van der Waals surface area contributed by atoms with Gasteiger partial charge in [0.25, 0.3) is 0 Å². The SMILES string of the molecule is CCOC(=O)C1CSCCN1C(=O)C(CN)CC(C)C. The zero-order valence-corrected chi connectivity index (χ0v) is 13.4. The molecule has 0 aromatic carbocycles. The van der Waals surface area contributed by atoms with Crippen LogP contribution in [0.4, 0.5) is 0 Å². The third-order valence-corrected chi connectivity index (χ3v) is 4.38. The van der Waals surface area contributed by atoms with E-state index in [0.717, 1.165) is 12.2 Å². The van der Waals surface area contributed by atoms with E-state index in [2.05, 4.69) is 13.8 Å². The highest BCUT2D eigenvalue weighted by molar-refractivity contribution is 7.99. The summed E-state index contributed by atoms with van der Waals surface area (Å²) >= 11 is 1.69. The van der Waals surface area contributed by atoms with E-state index in [4.69, 9.17) is 10.5 Å². The molecule has 1 rings (SSSR count). The normalized spacial score (nSPS) is 20.9. The Kier molecular flexibility index (Phi) is 7.37. The quantitative estimate of drug-likeness (QED) is 0.744. The van der Waals surface area contributed by atoms with Gasteiger partial charge >= 0.3 is 5.97 Å². The topological polar surface area (TPSA) is 72.6 Å². The van der Waals surface area contributed by atoms with Gasteiger partial charge in [-0.2, -0.15) is 11.8 Å². The second-order valence-corrected chi connectivity index (χ2v) is 6.59. The van der Waals surface area contributed by atoms with Gasteiger partial charge < -0.3 is 15.4 Å². The Morgan fingerprint density at radius 2 is 2.15 bits per heavy atom. The first-order chi connectivity index (χ1) is 9.51. The van der Waals surface area contributed by atoms with Gasteiger partial charge in [0, 0.05) is 24.6 Å². The van der Waals surface area contributed by atoms with Crippen LogP contribution in [-0.2, 0) is 14.3 Å². The van der Waals surface area contributed by atoms with Crippen LogP contribution in [0.15, 0.2) is 0 Å². The van der Waals surface area contributed by atoms with E-state index in [1.807, 2.05) is 0 Å². The molecule has 0 spiro atoms. The Bertz CT molecular complexity index is 336. The largest absolute Gasteiger partial charge is 0.464 e. The van der Waals surface area contributed by atoms with Gasteiger partial charge in [-0.25, -0.2) is 4.79 Å². The highest BCUT2D eigenvalue weighted by atomic mass is 32.2. The van der Waals surface area contributed by atoms with E-state index in [0.29, 0.717) is 31.4 Å². The number of thioether (sulfide) groups is 1. The summed E-state index contributed by atoms with van der Waals surface area (Å²) in [6.07, 6.45) is 0.758. The fraction of sp³-hybridized carbons (Fsp3) is 0.857. The maximum Gasteiger partial charge on any atom is 0.329 e. The molecule has 0 bridgehead atoms. The van der Waals surface area contributed by atoms with E-state index >= 15 is 0 Å². The predicted molar refractivity (Wildman–Crippen MR) is 81.5 cm³/mol. The Labute approximate surface area is 125 Å². The van der Waals surface area contributed by atoms with Crippen LogP contribution >= 0.6 is 11.8 Å². The molecular formula is C14H26N2O3S. The summed E-state index contributed by atoms with van der Waals surface area (Å²) < 4.78 is 5.08. The van der Waals surface area contributed by atoms with E-state index < -0.39 is 6.04 Å². The molecule has 0 aliphatic carbocycles. The van der Waals surface area contributed by atoms with E-state index in [1.165, 1.54) is 0 Å². The van der Waals surface area contributed by atoms with Gasteiger partial charge in [-0.05, 0) is 19.3 Å². The molecule has 0 aromatic heterocycles. The third kappa shape index (κ3) is 4.66. The molecule has 6 heteroatoms. The number of esters is 1. The maximum absolute atomic E-state index is 12.6. The van der Waals surface area contributed by atoms with Gasteiger partial charge in [-0.1, -0.05) is 13.8 Å². The lowest BCUT2D eigenvalue weighted by atomic mass is 9.95. The molecule has 1 heterocycles. The Hall–Kier alpha value is -0.750. The number of carbonyl (C=O) groups is 2. The average molecular weight is 302 g/mol. The molecule has 116 valence electrons. The average Bonchev–Trinajstić information content (AvgIpc) is 2.44. The molecule has 0 saturated carbocycles. The van der Waals surface area contributed by atoms with Crippen molar-refractivity contribution in [1.29, 1.82) is 0 Å². The first-order valence-corrected chi connectivity index (χ1v) is 8.41. The smallest absolute Gasteiger partial charge is 0.329 e. The van der Waals surface area contributed by atoms with Crippen molar-refractivity contribution in [3.8, 4) is 0 Å². The van der Waals surface area contributed by atoms with Crippen LogP contribution in [-0.4, -0.2) is 54.0 Å². The summed E-state index contributed by atoms with van der Waals surface area (Å²) in [5.41, 5.74) is 5.74. The monoisotopic (exact) mass is 302 g/mol. The van der Waals surface area contributed by atoms with E-state index in [1.54, 1.807) is 23.6 Å². The molecule has 5 nitrogen and oxygen atoms in total. The molecule has 0 aromatic rings. The summed E-state index contributed by atoms with van der Waals surface area (Å²) in [4.78, 5) is 26.3. The first-order valence-electron chi connectivity index (χ1n) is 7.26. The third-order valence-electron chi connectivity index (χ3n) is 3.36. The Morgan fingerprint density at radius 1 is 1.45 bits per heavy atom. The van der Waals surface area contributed by atoms with E-state index in [9.17, 15) is 9.59 Å². The standard InChI is InChI=1S/C14H26N2O3S/c1-4-19-14(18)12-9-20-6-5-16(12)13(17)11(8-15)7-10(2)3/h10-12H,4-9,15H2,1-3H3. The van der Waals surface area contributed by atoms with Crippen LogP contribution in [0.1, 0.15) is 27.2 Å². The predicted octanol–water partition coefficient (Wildman–Crippen LogP) is 1.11. The van der Waals surface area contributed by atoms with Crippen molar-refractivity contribution in [2.24, 2.45) is 17.6 Å². The van der Waals surface area contributed by atoms with Crippen molar-refractivity contribution in [3.63, 3.8) is 0 Å². The number of amides is 1. The lowest BCUT2D eigenvalue weighted by Crippen LogP contribution is -2.53. The number of rotatable bonds is 6. The summed E-state index contributed by atoms with van der Waals surface area (Å²) in [7, 11) is 0. The van der Waals surface area contributed by atoms with E-state index in [-0.39, 0.29) is 17.8 Å². The maximum atomic E-state index is 12.6. The highest BCUT2D eigenvalue weighted by Crippen LogP contribution is 2.22. The molecule has 2 N–H and O–H groups in total. The zero-order valence-electron chi connectivity index (χ0n) is 12.6. The van der Waals surface area contributed by atoms with Crippen LogP contribution < -0.4 is 5.73 Å². The number of nitrogens with two attached hydrogens (primary N) is 1. The van der Waals surface area contributed by atoms with Gasteiger partial charge in [-0.3, -0.25) is 4.79 Å². The minimum absolute atomic E-state index is 0.000414. The molecule has 0 radical (unpaired) electrons. The fourth-order valence-corrected chi connectivity index (χ4v) is 3.43. The minimum Gasteiger partial charge on any atom is -0.464 e. The molecule has 1 aliphatic heterocycles. The molecule has 2 atom stereocenters. The second kappa shape index (κ2) is 8.52. The number of carbonyl (C=O) groups excluding carboxylic acids is 2. The fourth-order valence-electron chi connectivity index (χ4n) is 2.40. The molecule has 1 amide bonds. The molecule has 1 aliphatic rings. The Morgan fingerprint density at radius 3 is 2.70 bits per heavy atom. The molecular weight excluding hydrogens is 276 g/mol. The van der Waals surface area contributed by atoms with Crippen molar-refractivity contribution in [3.05, 3.63) is 0 Å². The summed E-state index contributed by atoms with van der Waals surface area (Å²) in [5.74, 6) is 1.39. The zero-order chi connectivity index (χ0) is 15.1. The van der Waals surface area contributed by atoms with Gasteiger partial charge in [0.2, 0.25) is 5.91 Å². The van der Waals surface area contributed by atoms with Crippen molar-refractivity contribution in [2.75, 3.05) is 31.2 Å². The van der Waals surface area contributed by atoms with Crippen LogP contribution in [0, 0.1) is 11.8 Å². The lowest BCUT2D eigenvalue weighted by molar-refractivity contribution is -0.155. The van der Waals surface area contributed by atoms with Gasteiger partial charge in [0.05, 0.1) is 12.5 Å². The van der Waals surface area contributed by atoms with Crippen molar-refractivity contribution in [2.45, 2.75) is 33.2 Å². The van der Waals surface area contributed by atoms with Crippen molar-refractivity contribution < 1.29 is 14.3 Å². The molecule has 1 saturated heterocycles. The number of hydrogen-bond acceptors (Lipinski definition) is 5. The lowest BCUT2D eigenvalue weighted by Gasteiger charge is -2.36. The van der Waals surface area contributed by atoms with Crippen LogP contribution in [0.25, 0.3) is 0 Å². The van der Waals surface area contributed by atoms with Crippen LogP contribution in [0.5, 0.6) is 0 Å². The van der Waals surface area contributed by atoms with Crippen LogP contribution in [0.2, 0.25) is 0 Å². The Balaban J connectivity index is 2.77. The first kappa shape index (κ1) is 17.3. The van der Waals surface area contributed by atoms with Crippen LogP contribution in [0.3, 0.4) is 0 Å². The summed E-state index contributed by atoms with van der Waals surface area (Å²) in [6.45, 7) is 7.20. The number of nitrogens with zero attached hydrogens (tertiary/aromatic N) is 1. The van der Waals surface area contributed by atoms with Crippen molar-refractivity contribution >= 4 is 23.6 Å². The molecule has 20 heavy (non-hydrogen) atoms. The van der Waals surface area contributed by atoms with Gasteiger partial charge in [0.15, 0.2) is 0 Å².